The molecule has 0 saturated heterocycles. The summed E-state index contributed by atoms with van der Waals surface area (Å²) in [5, 5.41) is 3.62. The molecular weight excluding hydrogens is 290 g/mol. The Morgan fingerprint density at radius 2 is 2.17 bits per heavy atom. The third-order valence-electron chi connectivity index (χ3n) is 3.63. The van der Waals surface area contributed by atoms with Gasteiger partial charge in [-0.25, -0.2) is 0 Å². The van der Waals surface area contributed by atoms with E-state index in [2.05, 4.69) is 47.2 Å². The van der Waals surface area contributed by atoms with Gasteiger partial charge in [0.1, 0.15) is 5.75 Å². The van der Waals surface area contributed by atoms with E-state index >= 15 is 0 Å². The highest BCUT2D eigenvalue weighted by Crippen LogP contribution is 2.49. The van der Waals surface area contributed by atoms with Crippen LogP contribution in [0.1, 0.15) is 38.8 Å². The number of hydrogen-bond donors (Lipinski definition) is 1. The van der Waals surface area contributed by atoms with Crippen molar-refractivity contribution in [1.82, 2.24) is 5.32 Å². The monoisotopic (exact) mass is 311 g/mol. The molecule has 3 heteroatoms. The molecule has 1 aromatic carbocycles. The lowest BCUT2D eigenvalue weighted by molar-refractivity contribution is 0.328. The Balaban J connectivity index is 2.29. The quantitative estimate of drug-likeness (QED) is 0.852. The van der Waals surface area contributed by atoms with Crippen LogP contribution in [-0.4, -0.2) is 13.2 Å². The molecular formula is C15H22BrNO. The van der Waals surface area contributed by atoms with E-state index in [1.165, 1.54) is 12.0 Å². The summed E-state index contributed by atoms with van der Waals surface area (Å²) in [6.45, 7) is 8.24. The van der Waals surface area contributed by atoms with E-state index in [1.807, 2.05) is 13.0 Å². The van der Waals surface area contributed by atoms with Crippen LogP contribution in [0.4, 0.5) is 0 Å². The van der Waals surface area contributed by atoms with Crippen LogP contribution in [0.15, 0.2) is 22.7 Å². The highest BCUT2D eigenvalue weighted by atomic mass is 79.9. The molecule has 1 aromatic rings. The van der Waals surface area contributed by atoms with Gasteiger partial charge in [0.05, 0.1) is 6.61 Å². The smallest absolute Gasteiger partial charge is 0.124 e. The van der Waals surface area contributed by atoms with Crippen molar-refractivity contribution < 1.29 is 4.74 Å². The van der Waals surface area contributed by atoms with Gasteiger partial charge in [0.15, 0.2) is 0 Å². The van der Waals surface area contributed by atoms with Gasteiger partial charge in [-0.2, -0.15) is 0 Å². The summed E-state index contributed by atoms with van der Waals surface area (Å²) in [4.78, 5) is 0. The first-order valence-electron chi connectivity index (χ1n) is 6.83. The van der Waals surface area contributed by atoms with Crippen LogP contribution >= 0.6 is 15.9 Å². The molecule has 2 nitrogen and oxygen atoms in total. The van der Waals surface area contributed by atoms with Crippen molar-refractivity contribution in [3.8, 4) is 5.75 Å². The number of ether oxygens (including phenoxy) is 1. The minimum atomic E-state index is 0.420. The van der Waals surface area contributed by atoms with E-state index in [1.54, 1.807) is 0 Å². The zero-order chi connectivity index (χ0) is 13.1. The number of halogens is 1. The van der Waals surface area contributed by atoms with Crippen molar-refractivity contribution in [3.63, 3.8) is 0 Å². The lowest BCUT2D eigenvalue weighted by atomic mass is 10.00. The van der Waals surface area contributed by atoms with Crippen molar-refractivity contribution in [2.24, 2.45) is 11.8 Å². The van der Waals surface area contributed by atoms with Gasteiger partial charge >= 0.3 is 0 Å². The molecule has 1 aliphatic carbocycles. The molecule has 0 amide bonds. The molecule has 0 aliphatic heterocycles. The maximum atomic E-state index is 5.77. The molecule has 0 bridgehead atoms. The second-order valence-corrected chi connectivity index (χ2v) is 5.94. The Kier molecular flexibility index (Phi) is 4.68. The summed E-state index contributed by atoms with van der Waals surface area (Å²) in [7, 11) is 0. The van der Waals surface area contributed by atoms with E-state index < -0.39 is 0 Å². The molecule has 18 heavy (non-hydrogen) atoms. The van der Waals surface area contributed by atoms with E-state index in [9.17, 15) is 0 Å². The van der Waals surface area contributed by atoms with Gasteiger partial charge < -0.3 is 10.1 Å². The van der Waals surface area contributed by atoms with Crippen LogP contribution in [0.5, 0.6) is 5.75 Å². The molecule has 1 saturated carbocycles. The molecule has 0 aromatic heterocycles. The van der Waals surface area contributed by atoms with E-state index in [0.29, 0.717) is 12.6 Å². The molecule has 3 unspecified atom stereocenters. The standard InChI is InChI=1S/C15H22BrNO/c1-4-17-15(12-8-10(12)3)13-9-11(16)6-7-14(13)18-5-2/h6-7,9-10,12,15,17H,4-5,8H2,1-3H3. The van der Waals surface area contributed by atoms with Crippen LogP contribution < -0.4 is 10.1 Å². The van der Waals surface area contributed by atoms with Gasteiger partial charge in [-0.05, 0) is 49.9 Å². The van der Waals surface area contributed by atoms with Crippen LogP contribution in [0.25, 0.3) is 0 Å². The second kappa shape index (κ2) is 6.07. The molecule has 1 N–H and O–H groups in total. The topological polar surface area (TPSA) is 21.3 Å². The van der Waals surface area contributed by atoms with Gasteiger partial charge in [0.2, 0.25) is 0 Å². The van der Waals surface area contributed by atoms with E-state index in [-0.39, 0.29) is 0 Å². The van der Waals surface area contributed by atoms with E-state index in [0.717, 1.165) is 28.6 Å². The molecule has 0 radical (unpaired) electrons. The zero-order valence-corrected chi connectivity index (χ0v) is 13.0. The second-order valence-electron chi connectivity index (χ2n) is 5.03. The maximum Gasteiger partial charge on any atom is 0.124 e. The third kappa shape index (κ3) is 3.07. The summed E-state index contributed by atoms with van der Waals surface area (Å²) < 4.78 is 6.89. The molecule has 0 heterocycles. The first kappa shape index (κ1) is 13.9. The predicted octanol–water partition coefficient (Wildman–Crippen LogP) is 4.15. The third-order valence-corrected chi connectivity index (χ3v) is 4.12. The van der Waals surface area contributed by atoms with Crippen molar-refractivity contribution in [2.45, 2.75) is 33.2 Å². The number of rotatable bonds is 6. The fraction of sp³-hybridized carbons (Fsp3) is 0.600. The molecule has 1 aliphatic rings. The maximum absolute atomic E-state index is 5.77. The first-order valence-corrected chi connectivity index (χ1v) is 7.62. The summed E-state index contributed by atoms with van der Waals surface area (Å²) in [6.07, 6.45) is 1.32. The summed E-state index contributed by atoms with van der Waals surface area (Å²) in [5.41, 5.74) is 1.29. The predicted molar refractivity (Wildman–Crippen MR) is 79.0 cm³/mol. The molecule has 100 valence electrons. The van der Waals surface area contributed by atoms with Gasteiger partial charge in [-0.1, -0.05) is 29.8 Å². The summed E-state index contributed by atoms with van der Waals surface area (Å²) in [6, 6.07) is 6.74. The summed E-state index contributed by atoms with van der Waals surface area (Å²) >= 11 is 3.57. The average molecular weight is 312 g/mol. The molecule has 1 fully saturated rings. The lowest BCUT2D eigenvalue weighted by Gasteiger charge is -2.21. The van der Waals surface area contributed by atoms with Crippen molar-refractivity contribution in [3.05, 3.63) is 28.2 Å². The first-order chi connectivity index (χ1) is 8.67. The van der Waals surface area contributed by atoms with Crippen molar-refractivity contribution in [1.29, 1.82) is 0 Å². The molecule has 3 atom stereocenters. The minimum Gasteiger partial charge on any atom is -0.494 e. The molecule has 0 spiro atoms. The Bertz CT molecular complexity index is 407. The van der Waals surface area contributed by atoms with Gasteiger partial charge in [-0.3, -0.25) is 0 Å². The van der Waals surface area contributed by atoms with Crippen molar-refractivity contribution >= 4 is 15.9 Å². The highest BCUT2D eigenvalue weighted by Gasteiger charge is 2.40. The number of nitrogens with one attached hydrogen (secondary N) is 1. The van der Waals surface area contributed by atoms with Gasteiger partial charge in [0, 0.05) is 16.1 Å². The number of hydrogen-bond acceptors (Lipinski definition) is 2. The van der Waals surface area contributed by atoms with Crippen LogP contribution in [0, 0.1) is 11.8 Å². The van der Waals surface area contributed by atoms with Crippen LogP contribution in [0.2, 0.25) is 0 Å². The minimum absolute atomic E-state index is 0.420. The fourth-order valence-electron chi connectivity index (χ4n) is 2.58. The van der Waals surface area contributed by atoms with Crippen molar-refractivity contribution in [2.75, 3.05) is 13.2 Å². The Labute approximate surface area is 118 Å². The summed E-state index contributed by atoms with van der Waals surface area (Å²) in [5.74, 6) is 2.59. The fourth-order valence-corrected chi connectivity index (χ4v) is 2.96. The van der Waals surface area contributed by atoms with Gasteiger partial charge in [0.25, 0.3) is 0 Å². The SMILES string of the molecule is CCNC(c1cc(Br)ccc1OCC)C1CC1C. The highest BCUT2D eigenvalue weighted by molar-refractivity contribution is 9.10. The lowest BCUT2D eigenvalue weighted by Crippen LogP contribution is -2.24. The zero-order valence-electron chi connectivity index (χ0n) is 11.4. The normalized spacial score (nSPS) is 23.8. The largest absolute Gasteiger partial charge is 0.494 e. The number of benzene rings is 1. The van der Waals surface area contributed by atoms with Gasteiger partial charge in [-0.15, -0.1) is 0 Å². The Morgan fingerprint density at radius 1 is 1.44 bits per heavy atom. The molecule has 2 rings (SSSR count). The Hall–Kier alpha value is -0.540. The van der Waals surface area contributed by atoms with Crippen LogP contribution in [0.3, 0.4) is 0 Å². The van der Waals surface area contributed by atoms with E-state index in [4.69, 9.17) is 4.74 Å². The Morgan fingerprint density at radius 3 is 2.72 bits per heavy atom. The van der Waals surface area contributed by atoms with Crippen LogP contribution in [-0.2, 0) is 0 Å². The average Bonchev–Trinajstić information content (AvgIpc) is 3.06.